The molecule has 0 saturated carbocycles. The zero-order valence-electron chi connectivity index (χ0n) is 13.5. The van der Waals surface area contributed by atoms with Crippen LogP contribution < -0.4 is 5.32 Å². The summed E-state index contributed by atoms with van der Waals surface area (Å²) in [5.41, 5.74) is 3.43. The Kier molecular flexibility index (Phi) is 5.15. The maximum absolute atomic E-state index is 11.6. The molecule has 1 saturated heterocycles. The topological polar surface area (TPSA) is 75.2 Å². The Morgan fingerprint density at radius 2 is 1.96 bits per heavy atom. The van der Waals surface area contributed by atoms with Crippen LogP contribution in [0.5, 0.6) is 0 Å². The van der Waals surface area contributed by atoms with Gasteiger partial charge in [0, 0.05) is 30.8 Å². The molecule has 8 heteroatoms. The molecule has 0 radical (unpaired) electrons. The first-order chi connectivity index (χ1) is 11.5. The molecule has 0 spiro atoms. The van der Waals surface area contributed by atoms with Crippen molar-refractivity contribution in [3.63, 3.8) is 0 Å². The van der Waals surface area contributed by atoms with Crippen molar-refractivity contribution >= 4 is 45.7 Å². The number of hydrogen-bond donors (Lipinski definition) is 1. The number of aryl methyl sites for hydroxylation is 1. The average Bonchev–Trinajstić information content (AvgIpc) is 3.13. The molecule has 0 unspecified atom stereocenters. The molecule has 1 N–H and O–H groups in total. The zero-order valence-corrected chi connectivity index (χ0v) is 15.2. The van der Waals surface area contributed by atoms with Crippen LogP contribution in [0.2, 0.25) is 0 Å². The van der Waals surface area contributed by atoms with Crippen LogP contribution in [0.1, 0.15) is 24.0 Å². The summed E-state index contributed by atoms with van der Waals surface area (Å²) in [6.45, 7) is 4.57. The molecule has 0 bridgehead atoms. The summed E-state index contributed by atoms with van der Waals surface area (Å²) in [6.07, 6.45) is 0.679. The number of nitrogens with one attached hydrogen (secondary N) is 1. The van der Waals surface area contributed by atoms with Gasteiger partial charge >= 0.3 is 0 Å². The van der Waals surface area contributed by atoms with Crippen LogP contribution in [0.3, 0.4) is 0 Å². The van der Waals surface area contributed by atoms with Crippen LogP contribution in [-0.2, 0) is 9.59 Å². The Morgan fingerprint density at radius 3 is 2.71 bits per heavy atom. The van der Waals surface area contributed by atoms with Crippen LogP contribution in [0, 0.1) is 13.8 Å². The second-order valence-electron chi connectivity index (χ2n) is 5.53. The smallest absolute Gasteiger partial charge is 0.229 e. The van der Waals surface area contributed by atoms with E-state index in [9.17, 15) is 9.59 Å². The van der Waals surface area contributed by atoms with E-state index < -0.39 is 0 Å². The molecular formula is C16H18N4O2S2. The first kappa shape index (κ1) is 16.9. The van der Waals surface area contributed by atoms with Crippen molar-refractivity contribution in [3.8, 4) is 0 Å². The molecule has 0 atom stereocenters. The maximum Gasteiger partial charge on any atom is 0.229 e. The molecule has 2 heterocycles. The molecule has 126 valence electrons. The maximum atomic E-state index is 11.6. The van der Waals surface area contributed by atoms with Crippen molar-refractivity contribution in [1.82, 2.24) is 15.1 Å². The molecule has 3 rings (SSSR count). The monoisotopic (exact) mass is 362 g/mol. The summed E-state index contributed by atoms with van der Waals surface area (Å²) in [5, 5.41) is 12.3. The second-order valence-corrected chi connectivity index (χ2v) is 7.85. The molecule has 1 aliphatic rings. The highest BCUT2D eigenvalue weighted by Gasteiger charge is 2.28. The van der Waals surface area contributed by atoms with E-state index in [2.05, 4.69) is 35.4 Å². The molecular weight excluding hydrogens is 344 g/mol. The molecule has 24 heavy (non-hydrogen) atoms. The van der Waals surface area contributed by atoms with Gasteiger partial charge < -0.3 is 5.32 Å². The van der Waals surface area contributed by atoms with Crippen molar-refractivity contribution < 1.29 is 9.59 Å². The molecule has 1 aromatic heterocycles. The van der Waals surface area contributed by atoms with Gasteiger partial charge in [-0.3, -0.25) is 14.5 Å². The minimum absolute atomic E-state index is 0.0739. The van der Waals surface area contributed by atoms with Gasteiger partial charge in [0.2, 0.25) is 16.9 Å². The number of hydrogen-bond acceptors (Lipinski definition) is 7. The van der Waals surface area contributed by atoms with E-state index >= 15 is 0 Å². The first-order valence-electron chi connectivity index (χ1n) is 7.67. The van der Waals surface area contributed by atoms with Crippen LogP contribution in [0.15, 0.2) is 22.5 Å². The molecule has 6 nitrogen and oxygen atoms in total. The van der Waals surface area contributed by atoms with Crippen LogP contribution in [0.4, 0.5) is 10.8 Å². The SMILES string of the molecule is Cc1cccc(Nc2nnc(SCCN3C(=O)CCC3=O)s2)c1C. The third-order valence-electron chi connectivity index (χ3n) is 3.95. The Labute approximate surface area is 148 Å². The summed E-state index contributed by atoms with van der Waals surface area (Å²) in [7, 11) is 0. The highest BCUT2D eigenvalue weighted by atomic mass is 32.2. The van der Waals surface area contributed by atoms with E-state index in [1.807, 2.05) is 12.1 Å². The third-order valence-corrected chi connectivity index (χ3v) is 5.90. The van der Waals surface area contributed by atoms with E-state index in [1.165, 1.54) is 39.1 Å². The van der Waals surface area contributed by atoms with Gasteiger partial charge in [0.05, 0.1) is 0 Å². The minimum Gasteiger partial charge on any atom is -0.330 e. The van der Waals surface area contributed by atoms with Gasteiger partial charge in [-0.1, -0.05) is 35.2 Å². The molecule has 1 fully saturated rings. The Morgan fingerprint density at radius 1 is 1.21 bits per heavy atom. The van der Waals surface area contributed by atoms with E-state index in [0.717, 1.165) is 15.2 Å². The molecule has 2 aromatic rings. The van der Waals surface area contributed by atoms with Crippen LogP contribution >= 0.6 is 23.1 Å². The van der Waals surface area contributed by atoms with Gasteiger partial charge in [-0.05, 0) is 31.0 Å². The number of carbonyl (C=O) groups excluding carboxylic acids is 2. The van der Waals surface area contributed by atoms with Gasteiger partial charge in [-0.15, -0.1) is 10.2 Å². The number of aromatic nitrogens is 2. The number of anilines is 2. The van der Waals surface area contributed by atoms with Crippen molar-refractivity contribution in [2.24, 2.45) is 0 Å². The number of nitrogens with zero attached hydrogens (tertiary/aromatic N) is 3. The lowest BCUT2D eigenvalue weighted by molar-refractivity contribution is -0.137. The van der Waals surface area contributed by atoms with Crippen molar-refractivity contribution in [2.45, 2.75) is 31.0 Å². The number of benzene rings is 1. The summed E-state index contributed by atoms with van der Waals surface area (Å²) < 4.78 is 0.821. The number of amides is 2. The zero-order chi connectivity index (χ0) is 17.1. The first-order valence-corrected chi connectivity index (χ1v) is 9.47. The largest absolute Gasteiger partial charge is 0.330 e. The van der Waals surface area contributed by atoms with Crippen molar-refractivity contribution in [2.75, 3.05) is 17.6 Å². The summed E-state index contributed by atoms with van der Waals surface area (Å²) in [5.74, 6) is 0.487. The van der Waals surface area contributed by atoms with Gasteiger partial charge in [-0.25, -0.2) is 0 Å². The van der Waals surface area contributed by atoms with Gasteiger partial charge in [-0.2, -0.15) is 0 Å². The Bertz CT molecular complexity index is 759. The quantitative estimate of drug-likeness (QED) is 0.628. The normalized spacial score (nSPS) is 14.5. The fourth-order valence-corrected chi connectivity index (χ4v) is 4.18. The molecule has 2 amide bonds. The molecule has 0 aliphatic carbocycles. The summed E-state index contributed by atoms with van der Waals surface area (Å²) in [4.78, 5) is 24.4. The fraction of sp³-hybridized carbons (Fsp3) is 0.375. The van der Waals surface area contributed by atoms with Gasteiger partial charge in [0.1, 0.15) is 0 Å². The number of imide groups is 1. The van der Waals surface area contributed by atoms with Crippen molar-refractivity contribution in [3.05, 3.63) is 29.3 Å². The lowest BCUT2D eigenvalue weighted by atomic mass is 10.1. The van der Waals surface area contributed by atoms with Gasteiger partial charge in [0.15, 0.2) is 4.34 Å². The minimum atomic E-state index is -0.0739. The second kappa shape index (κ2) is 7.31. The van der Waals surface area contributed by atoms with E-state index in [-0.39, 0.29) is 11.8 Å². The number of rotatable bonds is 6. The van der Waals surface area contributed by atoms with Gasteiger partial charge in [0.25, 0.3) is 0 Å². The van der Waals surface area contributed by atoms with E-state index in [1.54, 1.807) is 0 Å². The molecule has 1 aromatic carbocycles. The Hall–Kier alpha value is -1.93. The van der Waals surface area contributed by atoms with Crippen molar-refractivity contribution in [1.29, 1.82) is 0 Å². The average molecular weight is 362 g/mol. The van der Waals surface area contributed by atoms with E-state index in [0.29, 0.717) is 25.1 Å². The standard InChI is InChI=1S/C16H18N4O2S2/c1-10-4-3-5-12(11(10)2)17-15-18-19-16(24-15)23-9-8-20-13(21)6-7-14(20)22/h3-5H,6-9H2,1-2H3,(H,17,18). The summed E-state index contributed by atoms with van der Waals surface area (Å²) in [6, 6.07) is 6.09. The highest BCUT2D eigenvalue weighted by Crippen LogP contribution is 2.29. The predicted octanol–water partition coefficient (Wildman–Crippen LogP) is 3.14. The highest BCUT2D eigenvalue weighted by molar-refractivity contribution is 8.01. The third kappa shape index (κ3) is 3.76. The lowest BCUT2D eigenvalue weighted by Gasteiger charge is -2.11. The Balaban J connectivity index is 1.55. The lowest BCUT2D eigenvalue weighted by Crippen LogP contribution is -2.31. The predicted molar refractivity (Wildman–Crippen MR) is 95.8 cm³/mol. The number of likely N-dealkylation sites (tertiary alicyclic amines) is 1. The van der Waals surface area contributed by atoms with Crippen LogP contribution in [0.25, 0.3) is 0 Å². The number of carbonyl (C=O) groups is 2. The van der Waals surface area contributed by atoms with Crippen LogP contribution in [-0.4, -0.2) is 39.2 Å². The fourth-order valence-electron chi connectivity index (χ4n) is 2.42. The molecule has 1 aliphatic heterocycles. The summed E-state index contributed by atoms with van der Waals surface area (Å²) >= 11 is 2.98. The van der Waals surface area contributed by atoms with E-state index in [4.69, 9.17) is 0 Å². The number of thioether (sulfide) groups is 1.